The van der Waals surface area contributed by atoms with Crippen LogP contribution in [-0.2, 0) is 23.8 Å². The number of aromatic nitrogens is 2. The number of rotatable bonds is 6. The molecule has 1 saturated heterocycles. The second-order valence-electron chi connectivity index (χ2n) is 6.65. The van der Waals surface area contributed by atoms with E-state index in [0.717, 1.165) is 10.8 Å². The molecule has 0 amide bonds. The molecule has 0 unspecified atom stereocenters. The van der Waals surface area contributed by atoms with E-state index in [1.165, 1.54) is 13.1 Å². The summed E-state index contributed by atoms with van der Waals surface area (Å²) in [6, 6.07) is 8.27. The van der Waals surface area contributed by atoms with Crippen molar-refractivity contribution in [3.8, 4) is 0 Å². The highest BCUT2D eigenvalue weighted by Gasteiger charge is 2.40. The first-order valence-corrected chi connectivity index (χ1v) is 10.5. The van der Waals surface area contributed by atoms with Crippen LogP contribution in [0.5, 0.6) is 0 Å². The van der Waals surface area contributed by atoms with Crippen molar-refractivity contribution in [2.24, 2.45) is 0 Å². The Morgan fingerprint density at radius 2 is 1.97 bits per heavy atom. The first kappa shape index (κ1) is 21.0. The van der Waals surface area contributed by atoms with Gasteiger partial charge < -0.3 is 9.47 Å². The van der Waals surface area contributed by atoms with Gasteiger partial charge in [0.1, 0.15) is 25.0 Å². The van der Waals surface area contributed by atoms with Crippen LogP contribution in [0.3, 0.4) is 0 Å². The first-order chi connectivity index (χ1) is 13.6. The fourth-order valence-corrected chi connectivity index (χ4v) is 3.61. The van der Waals surface area contributed by atoms with Gasteiger partial charge in [-0.2, -0.15) is 8.42 Å². The molecule has 3 rings (SSSR count). The third-order valence-electron chi connectivity index (χ3n) is 4.32. The van der Waals surface area contributed by atoms with E-state index in [-0.39, 0.29) is 18.6 Å². The lowest BCUT2D eigenvalue weighted by atomic mass is 10.2. The molecule has 2 aromatic rings. The van der Waals surface area contributed by atoms with Gasteiger partial charge >= 0.3 is 11.7 Å². The maximum Gasteiger partial charge on any atom is 0.338 e. The molecule has 11 heteroatoms. The number of carbonyl (C=O) groups excluding carboxylic acids is 1. The lowest BCUT2D eigenvalue weighted by Crippen LogP contribution is -2.33. The van der Waals surface area contributed by atoms with Crippen molar-refractivity contribution < 1.29 is 26.9 Å². The van der Waals surface area contributed by atoms with E-state index in [0.29, 0.717) is 5.56 Å². The smallest absolute Gasteiger partial charge is 0.338 e. The van der Waals surface area contributed by atoms with E-state index < -0.39 is 45.8 Å². The van der Waals surface area contributed by atoms with Gasteiger partial charge in [0.25, 0.3) is 15.7 Å². The van der Waals surface area contributed by atoms with Crippen LogP contribution in [0.2, 0.25) is 0 Å². The molecule has 0 aliphatic carbocycles. The molecule has 3 atom stereocenters. The fraction of sp³-hybridized carbons (Fsp3) is 0.389. The van der Waals surface area contributed by atoms with Crippen molar-refractivity contribution in [3.63, 3.8) is 0 Å². The number of aromatic amines is 1. The average Bonchev–Trinajstić information content (AvgIpc) is 3.04. The Morgan fingerprint density at radius 3 is 2.62 bits per heavy atom. The standard InChI is InChI=1S/C18H20N2O8S/c1-11-9-20(18(23)19-16(11)21)15-8-13(28-29(2,24)25)14(27-15)10-26-17(22)12-6-4-3-5-7-12/h3-7,9,13-15H,8,10H2,1-2H3,(H,19,21,23)/t13-,14+,15+/m0/s1. The molecule has 10 nitrogen and oxygen atoms in total. The molecule has 1 fully saturated rings. The van der Waals surface area contributed by atoms with E-state index in [4.69, 9.17) is 13.7 Å². The molecule has 0 spiro atoms. The van der Waals surface area contributed by atoms with Crippen LogP contribution in [0.1, 0.15) is 28.6 Å². The lowest BCUT2D eigenvalue weighted by molar-refractivity contribution is -0.0491. The quantitative estimate of drug-likeness (QED) is 0.518. The molecule has 1 aliphatic rings. The van der Waals surface area contributed by atoms with E-state index in [1.54, 1.807) is 30.3 Å². The largest absolute Gasteiger partial charge is 0.459 e. The van der Waals surface area contributed by atoms with Gasteiger partial charge in [-0.05, 0) is 19.1 Å². The van der Waals surface area contributed by atoms with Gasteiger partial charge in [0.05, 0.1) is 11.8 Å². The summed E-state index contributed by atoms with van der Waals surface area (Å²) < 4.78 is 40.4. The van der Waals surface area contributed by atoms with Gasteiger partial charge in [-0.15, -0.1) is 0 Å². The van der Waals surface area contributed by atoms with E-state index in [1.807, 2.05) is 0 Å². The maximum absolute atomic E-state index is 12.1. The fourth-order valence-electron chi connectivity index (χ4n) is 2.96. The number of nitrogens with one attached hydrogen (secondary N) is 1. The number of ether oxygens (including phenoxy) is 2. The van der Waals surface area contributed by atoms with Gasteiger partial charge in [0.15, 0.2) is 0 Å². The molecule has 29 heavy (non-hydrogen) atoms. The molecule has 1 aromatic heterocycles. The van der Waals surface area contributed by atoms with Crippen molar-refractivity contribution in [2.75, 3.05) is 12.9 Å². The molecule has 2 heterocycles. The van der Waals surface area contributed by atoms with Gasteiger partial charge in [-0.25, -0.2) is 9.59 Å². The van der Waals surface area contributed by atoms with Crippen LogP contribution in [0.25, 0.3) is 0 Å². The number of esters is 1. The normalized spacial score (nSPS) is 21.8. The summed E-state index contributed by atoms with van der Waals surface area (Å²) in [5, 5.41) is 0. The van der Waals surface area contributed by atoms with Crippen LogP contribution in [0.15, 0.2) is 46.1 Å². The summed E-state index contributed by atoms with van der Waals surface area (Å²) in [5.41, 5.74) is -0.616. The second-order valence-corrected chi connectivity index (χ2v) is 8.25. The zero-order chi connectivity index (χ0) is 21.2. The second kappa shape index (κ2) is 8.31. The Hall–Kier alpha value is -2.76. The number of hydrogen-bond acceptors (Lipinski definition) is 8. The number of hydrogen-bond donors (Lipinski definition) is 1. The molecule has 156 valence electrons. The molecular weight excluding hydrogens is 404 g/mol. The number of carbonyl (C=O) groups is 1. The van der Waals surface area contributed by atoms with Crippen LogP contribution in [0, 0.1) is 6.92 Å². The van der Waals surface area contributed by atoms with Gasteiger partial charge in [-0.1, -0.05) is 18.2 Å². The Kier molecular flexibility index (Phi) is 6.01. The summed E-state index contributed by atoms with van der Waals surface area (Å²) >= 11 is 0. The van der Waals surface area contributed by atoms with E-state index in [9.17, 15) is 22.8 Å². The number of nitrogens with zero attached hydrogens (tertiary/aromatic N) is 1. The van der Waals surface area contributed by atoms with Crippen molar-refractivity contribution in [2.45, 2.75) is 31.8 Å². The van der Waals surface area contributed by atoms with Crippen molar-refractivity contribution in [1.82, 2.24) is 9.55 Å². The third kappa shape index (κ3) is 5.19. The summed E-state index contributed by atoms with van der Waals surface area (Å²) in [6.45, 7) is 1.24. The topological polar surface area (TPSA) is 134 Å². The lowest BCUT2D eigenvalue weighted by Gasteiger charge is -2.18. The molecule has 1 aliphatic heterocycles. The maximum atomic E-state index is 12.1. The van der Waals surface area contributed by atoms with Gasteiger partial charge in [-0.3, -0.25) is 18.5 Å². The van der Waals surface area contributed by atoms with Crippen molar-refractivity contribution in [3.05, 3.63) is 68.5 Å². The summed E-state index contributed by atoms with van der Waals surface area (Å²) in [5.74, 6) is -0.604. The summed E-state index contributed by atoms with van der Waals surface area (Å²) in [6.07, 6.45) is -0.582. The van der Waals surface area contributed by atoms with E-state index >= 15 is 0 Å². The molecule has 0 bridgehead atoms. The van der Waals surface area contributed by atoms with Gasteiger partial charge in [0.2, 0.25) is 0 Å². The minimum atomic E-state index is -3.83. The van der Waals surface area contributed by atoms with Crippen LogP contribution < -0.4 is 11.2 Å². The summed E-state index contributed by atoms with van der Waals surface area (Å²) in [4.78, 5) is 38.0. The van der Waals surface area contributed by atoms with Gasteiger partial charge in [0, 0.05) is 18.2 Å². The van der Waals surface area contributed by atoms with E-state index in [2.05, 4.69) is 4.98 Å². The number of aryl methyl sites for hydroxylation is 1. The summed E-state index contributed by atoms with van der Waals surface area (Å²) in [7, 11) is -3.83. The average molecular weight is 424 g/mol. The number of H-pyrrole nitrogens is 1. The predicted octanol–water partition coefficient (Wildman–Crippen LogP) is 0.334. The minimum absolute atomic E-state index is 0.00597. The zero-order valence-electron chi connectivity index (χ0n) is 15.7. The molecule has 0 radical (unpaired) electrons. The Labute approximate surface area is 166 Å². The molecule has 1 N–H and O–H groups in total. The number of benzene rings is 1. The van der Waals surface area contributed by atoms with Crippen molar-refractivity contribution in [1.29, 1.82) is 0 Å². The third-order valence-corrected chi connectivity index (χ3v) is 4.92. The highest BCUT2D eigenvalue weighted by Crippen LogP contribution is 2.31. The highest BCUT2D eigenvalue weighted by atomic mass is 32.2. The molecule has 1 aromatic carbocycles. The highest BCUT2D eigenvalue weighted by molar-refractivity contribution is 7.86. The Balaban J connectivity index is 1.79. The minimum Gasteiger partial charge on any atom is -0.459 e. The predicted molar refractivity (Wildman–Crippen MR) is 101 cm³/mol. The SMILES string of the molecule is Cc1cn([C@H]2C[C@H](OS(C)(=O)=O)[C@@H](COC(=O)c3ccccc3)O2)c(=O)[nH]c1=O. The van der Waals surface area contributed by atoms with Crippen molar-refractivity contribution >= 4 is 16.1 Å². The van der Waals surface area contributed by atoms with Crippen LogP contribution in [0.4, 0.5) is 0 Å². The van der Waals surface area contributed by atoms with Crippen LogP contribution in [-0.4, -0.2) is 49.0 Å². The molecule has 0 saturated carbocycles. The Bertz CT molecular complexity index is 1110. The zero-order valence-corrected chi connectivity index (χ0v) is 16.5. The Morgan fingerprint density at radius 1 is 1.28 bits per heavy atom. The van der Waals surface area contributed by atoms with Crippen LogP contribution >= 0.6 is 0 Å². The monoisotopic (exact) mass is 424 g/mol. The molecular formula is C18H20N2O8S. The first-order valence-electron chi connectivity index (χ1n) is 8.72.